The van der Waals surface area contributed by atoms with E-state index in [9.17, 15) is 4.79 Å². The molecule has 2 aromatic carbocycles. The predicted molar refractivity (Wildman–Crippen MR) is 112 cm³/mol. The molecule has 6 nitrogen and oxygen atoms in total. The van der Waals surface area contributed by atoms with Crippen LogP contribution in [0.3, 0.4) is 0 Å². The molecule has 0 aliphatic heterocycles. The van der Waals surface area contributed by atoms with Crippen molar-refractivity contribution in [1.29, 1.82) is 0 Å². The summed E-state index contributed by atoms with van der Waals surface area (Å²) >= 11 is 1.47. The molecule has 0 spiro atoms. The van der Waals surface area contributed by atoms with E-state index in [0.717, 1.165) is 28.3 Å². The van der Waals surface area contributed by atoms with Crippen LogP contribution in [-0.4, -0.2) is 47.4 Å². The maximum atomic E-state index is 12.7. The van der Waals surface area contributed by atoms with Crippen molar-refractivity contribution in [2.45, 2.75) is 25.2 Å². The maximum Gasteiger partial charge on any atom is 0.233 e. The number of imidazole rings is 1. The fourth-order valence-electron chi connectivity index (χ4n) is 3.13. The standard InChI is InChI=1S/C21H25N3O3S/c1-5-24-17-11-7-6-10-16(17)22-21(24)28-14-19(25)23(2)13-15-9-8-12-18(26-3)20(15)27-4/h6-12H,5,13-14H2,1-4H3. The molecule has 1 amide bonds. The number of para-hydroxylation sites is 3. The summed E-state index contributed by atoms with van der Waals surface area (Å²) in [7, 11) is 5.01. The van der Waals surface area contributed by atoms with Gasteiger partial charge < -0.3 is 18.9 Å². The Morgan fingerprint density at radius 3 is 2.64 bits per heavy atom. The van der Waals surface area contributed by atoms with Gasteiger partial charge in [-0.2, -0.15) is 0 Å². The van der Waals surface area contributed by atoms with E-state index in [0.29, 0.717) is 23.8 Å². The molecular weight excluding hydrogens is 374 g/mol. The zero-order chi connectivity index (χ0) is 20.1. The van der Waals surface area contributed by atoms with Crippen molar-refractivity contribution < 1.29 is 14.3 Å². The third kappa shape index (κ3) is 4.09. The molecule has 28 heavy (non-hydrogen) atoms. The summed E-state index contributed by atoms with van der Waals surface area (Å²) in [4.78, 5) is 19.1. The van der Waals surface area contributed by atoms with Gasteiger partial charge in [-0.05, 0) is 25.1 Å². The average molecular weight is 400 g/mol. The van der Waals surface area contributed by atoms with Crippen LogP contribution in [-0.2, 0) is 17.9 Å². The van der Waals surface area contributed by atoms with Crippen LogP contribution in [0.15, 0.2) is 47.6 Å². The topological polar surface area (TPSA) is 56.6 Å². The molecule has 0 unspecified atom stereocenters. The van der Waals surface area contributed by atoms with E-state index >= 15 is 0 Å². The van der Waals surface area contributed by atoms with Crippen LogP contribution >= 0.6 is 11.8 Å². The molecule has 1 aromatic heterocycles. The van der Waals surface area contributed by atoms with E-state index in [1.165, 1.54) is 11.8 Å². The Kier molecular flexibility index (Phi) is 6.46. The number of ether oxygens (including phenoxy) is 2. The van der Waals surface area contributed by atoms with Crippen molar-refractivity contribution in [2.75, 3.05) is 27.0 Å². The zero-order valence-electron chi connectivity index (χ0n) is 16.6. The number of hydrogen-bond acceptors (Lipinski definition) is 5. The molecule has 0 saturated carbocycles. The third-order valence-corrected chi connectivity index (χ3v) is 5.54. The fourth-order valence-corrected chi connectivity index (χ4v) is 4.15. The molecule has 0 saturated heterocycles. The number of carbonyl (C=O) groups excluding carboxylic acids is 1. The zero-order valence-corrected chi connectivity index (χ0v) is 17.5. The number of benzene rings is 2. The summed E-state index contributed by atoms with van der Waals surface area (Å²) in [5.41, 5.74) is 2.95. The normalized spacial score (nSPS) is 10.9. The number of aryl methyl sites for hydroxylation is 1. The van der Waals surface area contributed by atoms with Gasteiger partial charge >= 0.3 is 0 Å². The van der Waals surface area contributed by atoms with Gasteiger partial charge in [0.2, 0.25) is 5.91 Å². The smallest absolute Gasteiger partial charge is 0.233 e. The summed E-state index contributed by atoms with van der Waals surface area (Å²) in [5, 5.41) is 0.865. The second kappa shape index (κ2) is 9.01. The van der Waals surface area contributed by atoms with E-state index in [-0.39, 0.29) is 5.91 Å². The minimum atomic E-state index is 0.0320. The van der Waals surface area contributed by atoms with E-state index < -0.39 is 0 Å². The lowest BCUT2D eigenvalue weighted by atomic mass is 10.1. The van der Waals surface area contributed by atoms with Crippen LogP contribution in [0.4, 0.5) is 0 Å². The first-order valence-electron chi connectivity index (χ1n) is 9.10. The summed E-state index contributed by atoms with van der Waals surface area (Å²) in [5.74, 6) is 1.67. The molecule has 0 N–H and O–H groups in total. The lowest BCUT2D eigenvalue weighted by molar-refractivity contribution is -0.127. The first-order chi connectivity index (χ1) is 13.6. The molecule has 3 rings (SSSR count). The Morgan fingerprint density at radius 1 is 1.14 bits per heavy atom. The van der Waals surface area contributed by atoms with Gasteiger partial charge in [0.05, 0.1) is 31.0 Å². The van der Waals surface area contributed by atoms with E-state index in [4.69, 9.17) is 9.47 Å². The SMILES string of the molecule is CCn1c(SCC(=O)N(C)Cc2cccc(OC)c2OC)nc2ccccc21. The van der Waals surface area contributed by atoms with Crippen molar-refractivity contribution in [3.63, 3.8) is 0 Å². The summed E-state index contributed by atoms with van der Waals surface area (Å²) in [6.45, 7) is 3.35. The number of rotatable bonds is 8. The Morgan fingerprint density at radius 2 is 1.93 bits per heavy atom. The number of hydrogen-bond donors (Lipinski definition) is 0. The average Bonchev–Trinajstić information content (AvgIpc) is 3.09. The molecule has 0 aliphatic rings. The largest absolute Gasteiger partial charge is 0.493 e. The Hall–Kier alpha value is -2.67. The van der Waals surface area contributed by atoms with Gasteiger partial charge in [-0.3, -0.25) is 4.79 Å². The van der Waals surface area contributed by atoms with Crippen LogP contribution in [0.2, 0.25) is 0 Å². The monoisotopic (exact) mass is 399 g/mol. The second-order valence-electron chi connectivity index (χ2n) is 6.32. The van der Waals surface area contributed by atoms with Crippen molar-refractivity contribution in [3.8, 4) is 11.5 Å². The molecule has 7 heteroatoms. The van der Waals surface area contributed by atoms with Gasteiger partial charge in [0.15, 0.2) is 16.7 Å². The first kappa shape index (κ1) is 20.1. The van der Waals surface area contributed by atoms with E-state index in [1.54, 1.807) is 26.2 Å². The summed E-state index contributed by atoms with van der Waals surface area (Å²) in [6, 6.07) is 13.7. The quantitative estimate of drug-likeness (QED) is 0.539. The van der Waals surface area contributed by atoms with Crippen LogP contribution < -0.4 is 9.47 Å². The van der Waals surface area contributed by atoms with Gasteiger partial charge in [0.25, 0.3) is 0 Å². The molecule has 1 heterocycles. The Bertz CT molecular complexity index is 971. The molecule has 0 atom stereocenters. The molecule has 0 radical (unpaired) electrons. The number of amides is 1. The minimum absolute atomic E-state index is 0.0320. The molecule has 0 bridgehead atoms. The summed E-state index contributed by atoms with van der Waals surface area (Å²) < 4.78 is 12.9. The number of nitrogens with zero attached hydrogens (tertiary/aromatic N) is 3. The van der Waals surface area contributed by atoms with Gasteiger partial charge in [0, 0.05) is 25.7 Å². The lowest BCUT2D eigenvalue weighted by Crippen LogP contribution is -2.28. The second-order valence-corrected chi connectivity index (χ2v) is 7.26. The van der Waals surface area contributed by atoms with Gasteiger partial charge in [-0.1, -0.05) is 36.0 Å². The van der Waals surface area contributed by atoms with Gasteiger partial charge in [-0.25, -0.2) is 4.98 Å². The summed E-state index contributed by atoms with van der Waals surface area (Å²) in [6.07, 6.45) is 0. The van der Waals surface area contributed by atoms with Crippen molar-refractivity contribution in [2.24, 2.45) is 0 Å². The number of fused-ring (bicyclic) bond motifs is 1. The molecule has 148 valence electrons. The van der Waals surface area contributed by atoms with Crippen LogP contribution in [0.25, 0.3) is 11.0 Å². The highest BCUT2D eigenvalue weighted by Gasteiger charge is 2.17. The van der Waals surface area contributed by atoms with Crippen molar-refractivity contribution >= 4 is 28.7 Å². The molecule has 0 fully saturated rings. The van der Waals surface area contributed by atoms with Crippen LogP contribution in [0.5, 0.6) is 11.5 Å². The number of aromatic nitrogens is 2. The number of thioether (sulfide) groups is 1. The van der Waals surface area contributed by atoms with Crippen LogP contribution in [0.1, 0.15) is 12.5 Å². The third-order valence-electron chi connectivity index (χ3n) is 4.58. The number of carbonyl (C=O) groups is 1. The lowest BCUT2D eigenvalue weighted by Gasteiger charge is -2.19. The minimum Gasteiger partial charge on any atom is -0.493 e. The highest BCUT2D eigenvalue weighted by Crippen LogP contribution is 2.31. The van der Waals surface area contributed by atoms with Crippen molar-refractivity contribution in [3.05, 3.63) is 48.0 Å². The fraction of sp³-hybridized carbons (Fsp3) is 0.333. The Labute approximate surface area is 169 Å². The Balaban J connectivity index is 1.69. The predicted octanol–water partition coefficient (Wildman–Crippen LogP) is 3.82. The molecule has 3 aromatic rings. The van der Waals surface area contributed by atoms with Crippen LogP contribution in [0, 0.1) is 0 Å². The van der Waals surface area contributed by atoms with E-state index in [1.807, 2.05) is 36.4 Å². The van der Waals surface area contributed by atoms with Crippen molar-refractivity contribution in [1.82, 2.24) is 14.5 Å². The maximum absolute atomic E-state index is 12.7. The van der Waals surface area contributed by atoms with E-state index in [2.05, 4.69) is 22.5 Å². The van der Waals surface area contributed by atoms with Gasteiger partial charge in [0.1, 0.15) is 0 Å². The number of methoxy groups -OCH3 is 2. The highest BCUT2D eigenvalue weighted by atomic mass is 32.2. The molecule has 0 aliphatic carbocycles. The highest BCUT2D eigenvalue weighted by molar-refractivity contribution is 7.99. The van der Waals surface area contributed by atoms with Gasteiger partial charge in [-0.15, -0.1) is 0 Å². The first-order valence-corrected chi connectivity index (χ1v) is 10.1. The molecular formula is C21H25N3O3S.